The third-order valence-corrected chi connectivity index (χ3v) is 4.81. The molecule has 1 saturated heterocycles. The van der Waals surface area contributed by atoms with Crippen molar-refractivity contribution >= 4 is 5.91 Å². The molecule has 7 nitrogen and oxygen atoms in total. The third kappa shape index (κ3) is 3.67. The molecule has 3 heterocycles. The van der Waals surface area contributed by atoms with Gasteiger partial charge in [0, 0.05) is 38.2 Å². The van der Waals surface area contributed by atoms with Crippen molar-refractivity contribution in [3.8, 4) is 11.6 Å². The lowest BCUT2D eigenvalue weighted by molar-refractivity contribution is 0.0585. The highest BCUT2D eigenvalue weighted by Crippen LogP contribution is 2.20. The van der Waals surface area contributed by atoms with E-state index < -0.39 is 0 Å². The van der Waals surface area contributed by atoms with E-state index >= 15 is 0 Å². The standard InChI is InChI=1S/C20H21N5O2/c1-15-18(14-22-25(15)16-6-3-2-4-7-16)20(26)24-12-9-17(10-13-24)27-19-8-5-11-21-23-19/h2-8,11,14,17H,9-10,12-13H2,1H3. The molecule has 1 amide bonds. The molecule has 1 aliphatic heterocycles. The molecule has 0 N–H and O–H groups in total. The summed E-state index contributed by atoms with van der Waals surface area (Å²) in [4.78, 5) is 14.8. The maximum atomic E-state index is 12.9. The first kappa shape index (κ1) is 17.2. The summed E-state index contributed by atoms with van der Waals surface area (Å²) in [5.41, 5.74) is 2.45. The topological polar surface area (TPSA) is 73.1 Å². The fourth-order valence-corrected chi connectivity index (χ4v) is 3.32. The first-order chi connectivity index (χ1) is 13.2. The summed E-state index contributed by atoms with van der Waals surface area (Å²) in [6, 6.07) is 13.4. The number of rotatable bonds is 4. The summed E-state index contributed by atoms with van der Waals surface area (Å²) < 4.78 is 7.65. The molecule has 0 unspecified atom stereocenters. The number of likely N-dealkylation sites (tertiary alicyclic amines) is 1. The van der Waals surface area contributed by atoms with Gasteiger partial charge in [0.25, 0.3) is 5.91 Å². The Bertz CT molecular complexity index is 903. The van der Waals surface area contributed by atoms with Gasteiger partial charge >= 0.3 is 0 Å². The minimum atomic E-state index is 0.0210. The minimum Gasteiger partial charge on any atom is -0.473 e. The van der Waals surface area contributed by atoms with Crippen LogP contribution in [-0.2, 0) is 0 Å². The summed E-state index contributed by atoms with van der Waals surface area (Å²) in [6.07, 6.45) is 4.88. The summed E-state index contributed by atoms with van der Waals surface area (Å²) in [5.74, 6) is 0.551. The Morgan fingerprint density at radius 1 is 1.11 bits per heavy atom. The summed E-state index contributed by atoms with van der Waals surface area (Å²) in [5, 5.41) is 12.2. The molecule has 2 aromatic heterocycles. The summed E-state index contributed by atoms with van der Waals surface area (Å²) in [6.45, 7) is 3.23. The van der Waals surface area contributed by atoms with Gasteiger partial charge in [0.05, 0.1) is 23.1 Å². The number of nitrogens with zero attached hydrogens (tertiary/aromatic N) is 5. The van der Waals surface area contributed by atoms with Crippen molar-refractivity contribution in [2.24, 2.45) is 0 Å². The van der Waals surface area contributed by atoms with Crippen LogP contribution < -0.4 is 4.74 Å². The minimum absolute atomic E-state index is 0.0210. The average molecular weight is 363 g/mol. The van der Waals surface area contributed by atoms with Crippen molar-refractivity contribution in [3.05, 3.63) is 66.1 Å². The highest BCUT2D eigenvalue weighted by Gasteiger charge is 2.27. The van der Waals surface area contributed by atoms with E-state index in [0.29, 0.717) is 24.5 Å². The van der Waals surface area contributed by atoms with Crippen molar-refractivity contribution in [2.75, 3.05) is 13.1 Å². The van der Waals surface area contributed by atoms with Crippen molar-refractivity contribution in [2.45, 2.75) is 25.9 Å². The monoisotopic (exact) mass is 363 g/mol. The Morgan fingerprint density at radius 2 is 1.89 bits per heavy atom. The van der Waals surface area contributed by atoms with Crippen LogP contribution in [0.5, 0.6) is 5.88 Å². The fraction of sp³-hybridized carbons (Fsp3) is 0.300. The number of hydrogen-bond acceptors (Lipinski definition) is 5. The first-order valence-corrected chi connectivity index (χ1v) is 9.06. The van der Waals surface area contributed by atoms with Crippen LogP contribution in [-0.4, -0.2) is 50.0 Å². The first-order valence-electron chi connectivity index (χ1n) is 9.06. The highest BCUT2D eigenvalue weighted by atomic mass is 16.5. The smallest absolute Gasteiger partial charge is 0.257 e. The van der Waals surface area contributed by atoms with Crippen LogP contribution in [0.15, 0.2) is 54.9 Å². The van der Waals surface area contributed by atoms with Gasteiger partial charge in [-0.2, -0.15) is 10.2 Å². The Labute approximate surface area is 157 Å². The van der Waals surface area contributed by atoms with Crippen molar-refractivity contribution in [1.29, 1.82) is 0 Å². The molecule has 7 heteroatoms. The Morgan fingerprint density at radius 3 is 2.59 bits per heavy atom. The second kappa shape index (κ2) is 7.57. The van der Waals surface area contributed by atoms with Gasteiger partial charge in [0.15, 0.2) is 0 Å². The van der Waals surface area contributed by atoms with Gasteiger partial charge in [-0.05, 0) is 25.1 Å². The number of para-hydroxylation sites is 1. The third-order valence-electron chi connectivity index (χ3n) is 4.81. The summed E-state index contributed by atoms with van der Waals surface area (Å²) >= 11 is 0. The molecule has 0 saturated carbocycles. The van der Waals surface area contributed by atoms with E-state index in [1.54, 1.807) is 29.2 Å². The lowest BCUT2D eigenvalue weighted by Crippen LogP contribution is -2.42. The zero-order chi connectivity index (χ0) is 18.6. The number of carbonyl (C=O) groups excluding carboxylic acids is 1. The molecule has 1 aliphatic rings. The predicted octanol–water partition coefficient (Wildman–Crippen LogP) is 2.65. The van der Waals surface area contributed by atoms with Gasteiger partial charge in [-0.1, -0.05) is 18.2 Å². The number of aromatic nitrogens is 4. The molecule has 4 rings (SSSR count). The van der Waals surface area contributed by atoms with Crippen molar-refractivity contribution in [1.82, 2.24) is 24.9 Å². The van der Waals surface area contributed by atoms with Crippen LogP contribution >= 0.6 is 0 Å². The van der Waals surface area contributed by atoms with Crippen LogP contribution in [0.1, 0.15) is 28.9 Å². The number of amides is 1. The molecule has 1 fully saturated rings. The van der Waals surface area contributed by atoms with Gasteiger partial charge < -0.3 is 9.64 Å². The Hall–Kier alpha value is -3.22. The van der Waals surface area contributed by atoms with Crippen LogP contribution in [0.25, 0.3) is 5.69 Å². The fourth-order valence-electron chi connectivity index (χ4n) is 3.32. The number of carbonyl (C=O) groups is 1. The van der Waals surface area contributed by atoms with Gasteiger partial charge in [-0.3, -0.25) is 4.79 Å². The second-order valence-corrected chi connectivity index (χ2v) is 6.56. The van der Waals surface area contributed by atoms with Crippen molar-refractivity contribution in [3.63, 3.8) is 0 Å². The molecule has 3 aromatic rings. The molecule has 138 valence electrons. The highest BCUT2D eigenvalue weighted by molar-refractivity contribution is 5.95. The second-order valence-electron chi connectivity index (χ2n) is 6.56. The molecule has 0 spiro atoms. The van der Waals surface area contributed by atoms with E-state index in [4.69, 9.17) is 4.74 Å². The quantitative estimate of drug-likeness (QED) is 0.712. The van der Waals surface area contributed by atoms with E-state index in [9.17, 15) is 4.79 Å². The van der Waals surface area contributed by atoms with Crippen LogP contribution in [0.3, 0.4) is 0 Å². The van der Waals surface area contributed by atoms with Crippen LogP contribution in [0, 0.1) is 6.92 Å². The van der Waals surface area contributed by atoms with E-state index in [0.717, 1.165) is 24.2 Å². The Balaban J connectivity index is 1.41. The van der Waals surface area contributed by atoms with Crippen molar-refractivity contribution < 1.29 is 9.53 Å². The molecule has 0 radical (unpaired) electrons. The van der Waals surface area contributed by atoms with E-state index in [-0.39, 0.29) is 12.0 Å². The van der Waals surface area contributed by atoms with Crippen LogP contribution in [0.4, 0.5) is 0 Å². The summed E-state index contributed by atoms with van der Waals surface area (Å²) in [7, 11) is 0. The predicted molar refractivity (Wildman–Crippen MR) is 99.9 cm³/mol. The van der Waals surface area contributed by atoms with Gasteiger partial charge in [0.1, 0.15) is 6.10 Å². The zero-order valence-electron chi connectivity index (χ0n) is 15.2. The van der Waals surface area contributed by atoms with E-state index in [2.05, 4.69) is 15.3 Å². The molecule has 0 atom stereocenters. The zero-order valence-corrected chi connectivity index (χ0v) is 15.2. The maximum absolute atomic E-state index is 12.9. The molecule has 0 bridgehead atoms. The maximum Gasteiger partial charge on any atom is 0.257 e. The lowest BCUT2D eigenvalue weighted by Gasteiger charge is -2.31. The SMILES string of the molecule is Cc1c(C(=O)N2CCC(Oc3cccnn3)CC2)cnn1-c1ccccc1. The van der Waals surface area contributed by atoms with Crippen LogP contribution in [0.2, 0.25) is 0 Å². The number of piperidine rings is 1. The van der Waals surface area contributed by atoms with Gasteiger partial charge in [-0.25, -0.2) is 4.68 Å². The lowest BCUT2D eigenvalue weighted by atomic mass is 10.1. The van der Waals surface area contributed by atoms with E-state index in [1.165, 1.54) is 0 Å². The molecular formula is C20H21N5O2. The van der Waals surface area contributed by atoms with Gasteiger partial charge in [0.2, 0.25) is 5.88 Å². The molecule has 27 heavy (non-hydrogen) atoms. The number of ether oxygens (including phenoxy) is 1. The molecule has 0 aliphatic carbocycles. The number of hydrogen-bond donors (Lipinski definition) is 0. The normalized spacial score (nSPS) is 14.9. The van der Waals surface area contributed by atoms with E-state index in [1.807, 2.05) is 42.2 Å². The largest absolute Gasteiger partial charge is 0.473 e. The number of benzene rings is 1. The Kier molecular flexibility index (Phi) is 4.82. The molecular weight excluding hydrogens is 342 g/mol. The van der Waals surface area contributed by atoms with Gasteiger partial charge in [-0.15, -0.1) is 5.10 Å². The molecule has 1 aromatic carbocycles. The average Bonchev–Trinajstić information content (AvgIpc) is 3.11.